The summed E-state index contributed by atoms with van der Waals surface area (Å²) in [4.78, 5) is 3.52. The van der Waals surface area contributed by atoms with Crippen molar-refractivity contribution < 1.29 is 0 Å². The first-order valence-corrected chi connectivity index (χ1v) is 6.27. The van der Waals surface area contributed by atoms with E-state index < -0.39 is 0 Å². The molecule has 0 aliphatic rings. The summed E-state index contributed by atoms with van der Waals surface area (Å²) in [6.07, 6.45) is 1.71. The molecule has 0 radical (unpaired) electrons. The zero-order valence-electron chi connectivity index (χ0n) is 9.57. The second kappa shape index (κ2) is 5.88. The maximum atomic E-state index is 8.36. The van der Waals surface area contributed by atoms with Crippen molar-refractivity contribution in [2.45, 2.75) is 26.5 Å². The molecule has 0 spiro atoms. The topological polar surface area (TPSA) is 36.1 Å². The van der Waals surface area contributed by atoms with E-state index in [0.29, 0.717) is 4.38 Å². The Balaban J connectivity index is 2.83. The van der Waals surface area contributed by atoms with Crippen LogP contribution >= 0.6 is 11.8 Å². The van der Waals surface area contributed by atoms with Gasteiger partial charge in [-0.1, -0.05) is 17.7 Å². The molecule has 0 aliphatic carbocycles. The lowest BCUT2D eigenvalue weighted by Crippen LogP contribution is -1.95. The third kappa shape index (κ3) is 3.51. The molecule has 1 rings (SSSR count). The highest BCUT2D eigenvalue weighted by Crippen LogP contribution is 2.22. The van der Waals surface area contributed by atoms with E-state index in [1.165, 1.54) is 34.0 Å². The van der Waals surface area contributed by atoms with Crippen LogP contribution in [-0.4, -0.2) is 4.38 Å². The summed E-state index contributed by atoms with van der Waals surface area (Å²) in [7, 11) is 0. The predicted molar refractivity (Wildman–Crippen MR) is 72.4 cm³/mol. The van der Waals surface area contributed by atoms with Crippen molar-refractivity contribution in [3.63, 3.8) is 0 Å². The molecule has 0 unspecified atom stereocenters. The van der Waals surface area contributed by atoms with Crippen LogP contribution in [-0.2, 0) is 18.4 Å². The minimum Gasteiger partial charge on any atom is -0.752 e. The highest BCUT2D eigenvalue weighted by molar-refractivity contribution is 8.26. The number of hydrogen-bond acceptors (Lipinski definition) is 4. The third-order valence-electron chi connectivity index (χ3n) is 2.32. The van der Waals surface area contributed by atoms with Gasteiger partial charge >= 0.3 is 0 Å². The largest absolute Gasteiger partial charge is 0.752 e. The Kier molecular flexibility index (Phi) is 4.78. The Morgan fingerprint density at radius 2 is 1.94 bits per heavy atom. The molecular formula is C12H13N2S2-. The normalized spacial score (nSPS) is 11.2. The lowest BCUT2D eigenvalue weighted by Gasteiger charge is -2.13. The van der Waals surface area contributed by atoms with Gasteiger partial charge < -0.3 is 12.6 Å². The molecule has 2 nitrogen and oxygen atoms in total. The van der Waals surface area contributed by atoms with E-state index in [-0.39, 0.29) is 0 Å². The first-order valence-electron chi connectivity index (χ1n) is 4.88. The van der Waals surface area contributed by atoms with Gasteiger partial charge in [0, 0.05) is 5.75 Å². The summed E-state index contributed by atoms with van der Waals surface area (Å²) in [6, 6.07) is 4.32. The quantitative estimate of drug-likeness (QED) is 0.349. The molecule has 16 heavy (non-hydrogen) atoms. The van der Waals surface area contributed by atoms with E-state index in [1.54, 1.807) is 6.19 Å². The first kappa shape index (κ1) is 13.0. The Labute approximate surface area is 106 Å². The molecule has 4 heteroatoms. The SMILES string of the molecule is Cc1cc(C)c(CSC([S-])=NC#N)c(C)c1. The number of aryl methyl sites for hydroxylation is 3. The van der Waals surface area contributed by atoms with Crippen LogP contribution in [0.5, 0.6) is 0 Å². The molecule has 0 atom stereocenters. The number of aliphatic imine (C=N–C) groups is 1. The molecule has 0 N–H and O–H groups in total. The standard InChI is InChI=1S/C12H14N2S2/c1-8-4-9(2)11(10(3)5-8)6-16-12(15)14-7-13/h4-5H,6H2,1-3H3,(H,14,15)/p-1. The molecule has 0 aliphatic heterocycles. The van der Waals surface area contributed by atoms with E-state index in [2.05, 4.69) is 37.9 Å². The van der Waals surface area contributed by atoms with Crippen molar-refractivity contribution in [1.82, 2.24) is 0 Å². The van der Waals surface area contributed by atoms with Gasteiger partial charge in [-0.3, -0.25) is 0 Å². The Hall–Kier alpha value is -1.05. The molecular weight excluding hydrogens is 236 g/mol. The van der Waals surface area contributed by atoms with Crippen LogP contribution in [0, 0.1) is 32.2 Å². The zero-order chi connectivity index (χ0) is 12.1. The summed E-state index contributed by atoms with van der Waals surface area (Å²) in [5.41, 5.74) is 5.09. The molecule has 0 saturated carbocycles. The number of nitriles is 1. The molecule has 0 heterocycles. The van der Waals surface area contributed by atoms with E-state index >= 15 is 0 Å². The molecule has 84 valence electrons. The van der Waals surface area contributed by atoms with Crippen LogP contribution in [0.2, 0.25) is 0 Å². The van der Waals surface area contributed by atoms with Crippen molar-refractivity contribution in [3.8, 4) is 6.19 Å². The fraction of sp³-hybridized carbons (Fsp3) is 0.333. The van der Waals surface area contributed by atoms with Gasteiger partial charge in [0.1, 0.15) is 0 Å². The molecule has 1 aromatic rings. The number of nitrogens with zero attached hydrogens (tertiary/aromatic N) is 2. The summed E-state index contributed by atoms with van der Waals surface area (Å²) < 4.78 is 0.405. The minimum atomic E-state index is 0.405. The molecule has 0 amide bonds. The van der Waals surface area contributed by atoms with Gasteiger partial charge in [0.2, 0.25) is 6.19 Å². The van der Waals surface area contributed by atoms with Crippen LogP contribution in [0.4, 0.5) is 0 Å². The average molecular weight is 249 g/mol. The van der Waals surface area contributed by atoms with Gasteiger partial charge in [-0.25, -0.2) is 0 Å². The molecule has 0 fully saturated rings. The Bertz CT molecular complexity index is 436. The van der Waals surface area contributed by atoms with Gasteiger partial charge in [0.15, 0.2) is 0 Å². The first-order chi connectivity index (χ1) is 7.54. The molecule has 0 bridgehead atoms. The third-order valence-corrected chi connectivity index (χ3v) is 3.54. The number of thioether (sulfide) groups is 1. The number of benzene rings is 1. The van der Waals surface area contributed by atoms with Crippen molar-refractivity contribution in [1.29, 1.82) is 5.26 Å². The lowest BCUT2D eigenvalue weighted by molar-refractivity contribution is 1.22. The van der Waals surface area contributed by atoms with Gasteiger partial charge in [0.25, 0.3) is 0 Å². The Morgan fingerprint density at radius 1 is 1.38 bits per heavy atom. The molecule has 0 saturated heterocycles. The highest BCUT2D eigenvalue weighted by Gasteiger charge is 2.03. The second-order valence-electron chi connectivity index (χ2n) is 3.64. The summed E-state index contributed by atoms with van der Waals surface area (Å²) >= 11 is 6.37. The van der Waals surface area contributed by atoms with Gasteiger partial charge in [0.05, 0.1) is 0 Å². The van der Waals surface area contributed by atoms with Crippen LogP contribution in [0.25, 0.3) is 0 Å². The summed E-state index contributed by atoms with van der Waals surface area (Å²) in [6.45, 7) is 6.29. The average Bonchev–Trinajstić information content (AvgIpc) is 2.16. The maximum Gasteiger partial charge on any atom is 0.204 e. The monoisotopic (exact) mass is 249 g/mol. The fourth-order valence-electron chi connectivity index (χ4n) is 1.64. The van der Waals surface area contributed by atoms with Gasteiger partial charge in [-0.05, 0) is 41.8 Å². The zero-order valence-corrected chi connectivity index (χ0v) is 11.2. The van der Waals surface area contributed by atoms with E-state index in [1.807, 2.05) is 0 Å². The van der Waals surface area contributed by atoms with Crippen LogP contribution in [0.15, 0.2) is 17.1 Å². The predicted octanol–water partition coefficient (Wildman–Crippen LogP) is 3.23. The smallest absolute Gasteiger partial charge is 0.204 e. The lowest BCUT2D eigenvalue weighted by atomic mass is 10.0. The fourth-order valence-corrected chi connectivity index (χ4v) is 2.69. The van der Waals surface area contributed by atoms with E-state index in [9.17, 15) is 0 Å². The van der Waals surface area contributed by atoms with Crippen LogP contribution < -0.4 is 0 Å². The maximum absolute atomic E-state index is 8.36. The van der Waals surface area contributed by atoms with Crippen molar-refractivity contribution in [2.24, 2.45) is 4.99 Å². The summed E-state index contributed by atoms with van der Waals surface area (Å²) in [5.74, 6) is 0.780. The Morgan fingerprint density at radius 3 is 2.44 bits per heavy atom. The number of hydrogen-bond donors (Lipinski definition) is 0. The minimum absolute atomic E-state index is 0.405. The van der Waals surface area contributed by atoms with Gasteiger partial charge in [-0.2, -0.15) is 10.3 Å². The van der Waals surface area contributed by atoms with Crippen LogP contribution in [0.1, 0.15) is 22.3 Å². The van der Waals surface area contributed by atoms with Gasteiger partial charge in [-0.15, -0.1) is 11.8 Å². The number of rotatable bonds is 2. The molecule has 1 aromatic carbocycles. The van der Waals surface area contributed by atoms with E-state index in [0.717, 1.165) is 5.75 Å². The molecule has 0 aromatic heterocycles. The second-order valence-corrected chi connectivity index (χ2v) is 5.25. The van der Waals surface area contributed by atoms with Crippen molar-refractivity contribution in [2.75, 3.05) is 0 Å². The van der Waals surface area contributed by atoms with Crippen molar-refractivity contribution >= 4 is 28.8 Å². The highest BCUT2D eigenvalue weighted by atomic mass is 32.2. The van der Waals surface area contributed by atoms with Crippen molar-refractivity contribution in [3.05, 3.63) is 34.4 Å². The summed E-state index contributed by atoms with van der Waals surface area (Å²) in [5, 5.41) is 8.36. The van der Waals surface area contributed by atoms with Crippen LogP contribution in [0.3, 0.4) is 0 Å². The van der Waals surface area contributed by atoms with E-state index in [4.69, 9.17) is 17.9 Å².